The van der Waals surface area contributed by atoms with Crippen LogP contribution in [0.2, 0.25) is 0 Å². The number of carbonyl (C=O) groups is 1. The van der Waals surface area contributed by atoms with E-state index in [0.717, 1.165) is 0 Å². The molecule has 0 aromatic heterocycles. The summed E-state index contributed by atoms with van der Waals surface area (Å²) in [6.45, 7) is 3.13. The van der Waals surface area contributed by atoms with Gasteiger partial charge in [0.05, 0.1) is 0 Å². The lowest BCUT2D eigenvalue weighted by molar-refractivity contribution is -0.131. The van der Waals surface area contributed by atoms with Crippen molar-refractivity contribution >= 4 is 17.7 Å². The highest BCUT2D eigenvalue weighted by Crippen LogP contribution is 2.29. The highest BCUT2D eigenvalue weighted by atomic mass is 32.2. The van der Waals surface area contributed by atoms with Crippen LogP contribution in [0.3, 0.4) is 0 Å². The third-order valence-corrected chi connectivity index (χ3v) is 2.75. The van der Waals surface area contributed by atoms with Crippen LogP contribution < -0.4 is 4.74 Å². The minimum atomic E-state index is -0.430. The van der Waals surface area contributed by atoms with E-state index in [1.807, 2.05) is 13.2 Å². The smallest absolute Gasteiger partial charge is 0.308 e. The van der Waals surface area contributed by atoms with Crippen molar-refractivity contribution in [2.24, 2.45) is 0 Å². The lowest BCUT2D eigenvalue weighted by Gasteiger charge is -2.10. The van der Waals surface area contributed by atoms with E-state index < -0.39 is 5.97 Å². The van der Waals surface area contributed by atoms with Gasteiger partial charge in [-0.2, -0.15) is 0 Å². The largest absolute Gasteiger partial charge is 0.426 e. The van der Waals surface area contributed by atoms with Gasteiger partial charge < -0.3 is 4.74 Å². The van der Waals surface area contributed by atoms with Crippen molar-refractivity contribution in [2.45, 2.75) is 25.2 Å². The van der Waals surface area contributed by atoms with E-state index in [1.165, 1.54) is 18.7 Å². The van der Waals surface area contributed by atoms with E-state index in [9.17, 15) is 9.18 Å². The summed E-state index contributed by atoms with van der Waals surface area (Å²) in [6.07, 6.45) is 2.31. The van der Waals surface area contributed by atoms with Gasteiger partial charge in [0, 0.05) is 17.4 Å². The number of benzene rings is 1. The van der Waals surface area contributed by atoms with Gasteiger partial charge in [-0.15, -0.1) is 11.8 Å². The zero-order valence-electron chi connectivity index (χ0n) is 8.96. The number of hydrogen-bond acceptors (Lipinski definition) is 3. The first kappa shape index (κ1) is 12.0. The maximum atomic E-state index is 13.8. The minimum absolute atomic E-state index is 0.288. The first-order valence-corrected chi connectivity index (χ1v) is 5.86. The third kappa shape index (κ3) is 2.72. The number of esters is 1. The monoisotopic (exact) mass is 228 g/mol. The molecular weight excluding hydrogens is 215 g/mol. The Morgan fingerprint density at radius 3 is 2.67 bits per heavy atom. The van der Waals surface area contributed by atoms with Crippen LogP contribution >= 0.6 is 11.8 Å². The lowest BCUT2D eigenvalue weighted by Crippen LogP contribution is -2.05. The molecule has 1 aromatic carbocycles. The predicted octanol–water partition coefficient (Wildman–Crippen LogP) is 3.04. The van der Waals surface area contributed by atoms with Gasteiger partial charge in [0.15, 0.2) is 0 Å². The molecule has 0 saturated carbocycles. The number of thioether (sulfide) groups is 1. The molecule has 0 aliphatic carbocycles. The number of ether oxygens (including phenoxy) is 1. The quantitative estimate of drug-likeness (QED) is 0.452. The van der Waals surface area contributed by atoms with Gasteiger partial charge >= 0.3 is 5.97 Å². The second-order valence-electron chi connectivity index (χ2n) is 3.01. The molecule has 0 fully saturated rings. The summed E-state index contributed by atoms with van der Waals surface area (Å²) in [4.78, 5) is 11.4. The molecule has 0 atom stereocenters. The van der Waals surface area contributed by atoms with E-state index in [-0.39, 0.29) is 5.82 Å². The second-order valence-corrected chi connectivity index (χ2v) is 3.85. The van der Waals surface area contributed by atoms with Crippen molar-refractivity contribution in [3.8, 4) is 5.75 Å². The molecule has 15 heavy (non-hydrogen) atoms. The molecule has 0 unspecified atom stereocenters. The highest BCUT2D eigenvalue weighted by molar-refractivity contribution is 7.98. The summed E-state index contributed by atoms with van der Waals surface area (Å²) >= 11 is 1.34. The number of carbonyl (C=O) groups excluding carboxylic acids is 1. The molecule has 82 valence electrons. The molecule has 0 radical (unpaired) electrons. The molecule has 1 aromatic rings. The maximum Gasteiger partial charge on any atom is 0.308 e. The predicted molar refractivity (Wildman–Crippen MR) is 58.9 cm³/mol. The molecule has 0 heterocycles. The Bertz CT molecular complexity index is 377. The zero-order valence-corrected chi connectivity index (χ0v) is 9.78. The molecule has 2 nitrogen and oxygen atoms in total. The van der Waals surface area contributed by atoms with Crippen molar-refractivity contribution in [3.05, 3.63) is 23.5 Å². The molecule has 0 bridgehead atoms. The summed E-state index contributed by atoms with van der Waals surface area (Å²) in [7, 11) is 0. The third-order valence-electron chi connectivity index (χ3n) is 1.99. The summed E-state index contributed by atoms with van der Waals surface area (Å²) in [5.41, 5.74) is 0.456. The van der Waals surface area contributed by atoms with Crippen LogP contribution in [0.5, 0.6) is 5.75 Å². The summed E-state index contributed by atoms with van der Waals surface area (Å²) in [5.74, 6) is -0.398. The topological polar surface area (TPSA) is 26.3 Å². The van der Waals surface area contributed by atoms with E-state index >= 15 is 0 Å². The van der Waals surface area contributed by atoms with Crippen molar-refractivity contribution in [1.82, 2.24) is 0 Å². The fourth-order valence-corrected chi connectivity index (χ4v) is 1.83. The van der Waals surface area contributed by atoms with Crippen LogP contribution in [0.25, 0.3) is 0 Å². The van der Waals surface area contributed by atoms with Crippen LogP contribution in [0.4, 0.5) is 4.39 Å². The molecule has 1 rings (SSSR count). The number of halogens is 1. The van der Waals surface area contributed by atoms with Gasteiger partial charge in [0.2, 0.25) is 0 Å². The van der Waals surface area contributed by atoms with Gasteiger partial charge in [-0.05, 0) is 24.8 Å². The normalized spacial score (nSPS) is 10.1. The van der Waals surface area contributed by atoms with E-state index in [4.69, 9.17) is 4.74 Å². The standard InChI is InChI=1S/C11H13FO2S/c1-4-8-9(14-7(2)13)5-6-10(15-3)11(8)12/h5-6H,4H2,1-3H3. The van der Waals surface area contributed by atoms with Gasteiger partial charge in [-0.25, -0.2) is 4.39 Å². The van der Waals surface area contributed by atoms with Gasteiger partial charge in [0.1, 0.15) is 11.6 Å². The van der Waals surface area contributed by atoms with Crippen LogP contribution in [-0.4, -0.2) is 12.2 Å². The Morgan fingerprint density at radius 2 is 2.20 bits per heavy atom. The summed E-state index contributed by atoms with van der Waals surface area (Å²) in [5, 5.41) is 0. The SMILES string of the molecule is CCc1c(OC(C)=O)ccc(SC)c1F. The Kier molecular flexibility index (Phi) is 4.15. The summed E-state index contributed by atoms with van der Waals surface area (Å²) in [6, 6.07) is 3.26. The van der Waals surface area contributed by atoms with Gasteiger partial charge in [-0.3, -0.25) is 4.79 Å². The molecule has 0 N–H and O–H groups in total. The molecular formula is C11H13FO2S. The Hall–Kier alpha value is -1.03. The van der Waals surface area contributed by atoms with Crippen molar-refractivity contribution in [3.63, 3.8) is 0 Å². The molecule has 0 aliphatic heterocycles. The van der Waals surface area contributed by atoms with Crippen molar-refractivity contribution < 1.29 is 13.9 Å². The van der Waals surface area contributed by atoms with Gasteiger partial charge in [-0.1, -0.05) is 6.92 Å². The zero-order chi connectivity index (χ0) is 11.4. The number of hydrogen-bond donors (Lipinski definition) is 0. The summed E-state index contributed by atoms with van der Waals surface area (Å²) < 4.78 is 18.7. The fraction of sp³-hybridized carbons (Fsp3) is 0.364. The lowest BCUT2D eigenvalue weighted by atomic mass is 10.1. The van der Waals surface area contributed by atoms with Gasteiger partial charge in [0.25, 0.3) is 0 Å². The van der Waals surface area contributed by atoms with E-state index in [2.05, 4.69) is 0 Å². The average Bonchev–Trinajstić information content (AvgIpc) is 2.18. The number of rotatable bonds is 3. The molecule has 0 aliphatic rings. The molecule has 0 spiro atoms. The first-order chi connectivity index (χ1) is 7.10. The Balaban J connectivity index is 3.18. The highest BCUT2D eigenvalue weighted by Gasteiger charge is 2.13. The molecule has 4 heteroatoms. The second kappa shape index (κ2) is 5.16. The Morgan fingerprint density at radius 1 is 1.53 bits per heavy atom. The minimum Gasteiger partial charge on any atom is -0.426 e. The maximum absolute atomic E-state index is 13.8. The van der Waals surface area contributed by atoms with E-state index in [1.54, 1.807) is 12.1 Å². The van der Waals surface area contributed by atoms with E-state index in [0.29, 0.717) is 22.6 Å². The van der Waals surface area contributed by atoms with Crippen LogP contribution in [0.15, 0.2) is 17.0 Å². The van der Waals surface area contributed by atoms with Crippen LogP contribution in [0, 0.1) is 5.82 Å². The Labute approximate surface area is 92.8 Å². The molecule has 0 amide bonds. The van der Waals surface area contributed by atoms with Crippen LogP contribution in [0.1, 0.15) is 19.4 Å². The molecule has 0 saturated heterocycles. The van der Waals surface area contributed by atoms with Crippen LogP contribution in [-0.2, 0) is 11.2 Å². The average molecular weight is 228 g/mol. The van der Waals surface area contributed by atoms with Crippen molar-refractivity contribution in [1.29, 1.82) is 0 Å². The fourth-order valence-electron chi connectivity index (χ4n) is 1.32. The first-order valence-electron chi connectivity index (χ1n) is 4.64. The van der Waals surface area contributed by atoms with Crippen molar-refractivity contribution in [2.75, 3.05) is 6.26 Å².